The van der Waals surface area contributed by atoms with Crippen LogP contribution in [-0.2, 0) is 0 Å². The molecular formula is C24H17AsF3N4O3. The second kappa shape index (κ2) is 10.7. The number of ketones is 1. The number of aliphatic hydroxyl groups is 1. The molecule has 0 spiro atoms. The summed E-state index contributed by atoms with van der Waals surface area (Å²) >= 11 is -0.361. The van der Waals surface area contributed by atoms with E-state index in [1.165, 1.54) is 30.3 Å². The molecule has 4 rings (SSSR count). The summed E-state index contributed by atoms with van der Waals surface area (Å²) in [6.45, 7) is 0.0563. The molecule has 7 nitrogen and oxygen atoms in total. The molecule has 177 valence electrons. The van der Waals surface area contributed by atoms with Gasteiger partial charge in [-0.15, -0.1) is 0 Å². The fraction of sp³-hybridized carbons (Fsp3) is 0.0833. The Kier molecular flexibility index (Phi) is 7.43. The van der Waals surface area contributed by atoms with Crippen molar-refractivity contribution in [2.24, 2.45) is 0 Å². The number of fused-ring (bicyclic) bond motifs is 1. The van der Waals surface area contributed by atoms with Gasteiger partial charge in [-0.2, -0.15) is 0 Å². The van der Waals surface area contributed by atoms with Crippen molar-refractivity contribution in [2.75, 3.05) is 17.2 Å². The molecule has 0 aliphatic carbocycles. The number of halogens is 3. The first kappa shape index (κ1) is 24.4. The predicted octanol–water partition coefficient (Wildman–Crippen LogP) is 3.66. The van der Waals surface area contributed by atoms with Crippen molar-refractivity contribution in [3.8, 4) is 0 Å². The molecule has 11 heteroatoms. The Labute approximate surface area is 204 Å². The third-order valence-corrected chi connectivity index (χ3v) is 6.83. The van der Waals surface area contributed by atoms with E-state index in [1.54, 1.807) is 12.3 Å². The van der Waals surface area contributed by atoms with Crippen LogP contribution in [0, 0.1) is 17.5 Å². The summed E-state index contributed by atoms with van der Waals surface area (Å²) in [5.74, 6) is -3.58. The summed E-state index contributed by atoms with van der Waals surface area (Å²) in [5.41, 5.74) is 1.08. The quantitative estimate of drug-likeness (QED) is 0.245. The molecule has 3 aromatic carbocycles. The number of urea groups is 1. The molecule has 35 heavy (non-hydrogen) atoms. The molecular weight excluding hydrogens is 524 g/mol. The van der Waals surface area contributed by atoms with E-state index < -0.39 is 29.3 Å². The molecule has 1 radical (unpaired) electrons. The number of benzene rings is 3. The van der Waals surface area contributed by atoms with Crippen molar-refractivity contribution in [1.29, 1.82) is 0 Å². The monoisotopic (exact) mass is 541 g/mol. The Balaban J connectivity index is 1.54. The van der Waals surface area contributed by atoms with Gasteiger partial charge in [0.05, 0.1) is 0 Å². The molecule has 4 aromatic rings. The van der Waals surface area contributed by atoms with Crippen LogP contribution in [0.15, 0.2) is 60.8 Å². The number of carbonyl (C=O) groups excluding carboxylic acids is 2. The fourth-order valence-electron chi connectivity index (χ4n) is 3.18. The maximum absolute atomic E-state index is 14.5. The molecule has 1 aromatic heterocycles. The number of hydrogen-bond acceptors (Lipinski definition) is 5. The first-order valence-corrected chi connectivity index (χ1v) is 12.5. The Morgan fingerprint density at radius 1 is 0.857 bits per heavy atom. The molecule has 0 fully saturated rings. The number of anilines is 2. The van der Waals surface area contributed by atoms with Crippen LogP contribution in [0.1, 0.15) is 15.9 Å². The molecule has 0 unspecified atom stereocenters. The van der Waals surface area contributed by atoms with Crippen molar-refractivity contribution in [3.05, 3.63) is 89.4 Å². The Hall–Kier alpha value is -3.75. The van der Waals surface area contributed by atoms with Crippen LogP contribution in [0.2, 0.25) is 5.21 Å². The maximum atomic E-state index is 14.5. The Morgan fingerprint density at radius 2 is 1.57 bits per heavy atom. The summed E-state index contributed by atoms with van der Waals surface area (Å²) in [5, 5.41) is 14.4. The first-order valence-electron chi connectivity index (χ1n) is 10.3. The number of amides is 2. The van der Waals surface area contributed by atoms with Crippen LogP contribution in [0.3, 0.4) is 0 Å². The number of rotatable bonds is 7. The van der Waals surface area contributed by atoms with Gasteiger partial charge in [0.15, 0.2) is 11.6 Å². The van der Waals surface area contributed by atoms with Gasteiger partial charge < -0.3 is 0 Å². The van der Waals surface area contributed by atoms with Gasteiger partial charge in [-0.25, -0.2) is 8.78 Å². The van der Waals surface area contributed by atoms with Crippen molar-refractivity contribution in [2.45, 2.75) is 5.21 Å². The fourth-order valence-corrected chi connectivity index (χ4v) is 4.54. The van der Waals surface area contributed by atoms with E-state index in [0.717, 1.165) is 22.7 Å². The van der Waals surface area contributed by atoms with Gasteiger partial charge in [0.2, 0.25) is 0 Å². The van der Waals surface area contributed by atoms with Crippen molar-refractivity contribution < 1.29 is 27.9 Å². The molecule has 0 saturated heterocycles. The third-order valence-electron chi connectivity index (χ3n) is 4.81. The minimum absolute atomic E-state index is 0.0116. The second-order valence-electron chi connectivity index (χ2n) is 7.27. The van der Waals surface area contributed by atoms with Gasteiger partial charge in [-0.3, -0.25) is 0 Å². The zero-order valence-electron chi connectivity index (χ0n) is 17.9. The van der Waals surface area contributed by atoms with Crippen LogP contribution in [0.4, 0.5) is 29.3 Å². The van der Waals surface area contributed by atoms with Crippen LogP contribution in [0.25, 0.3) is 11.0 Å². The van der Waals surface area contributed by atoms with E-state index in [1.807, 2.05) is 0 Å². The average Bonchev–Trinajstić information content (AvgIpc) is 2.85. The van der Waals surface area contributed by atoms with Gasteiger partial charge in [-0.1, -0.05) is 0 Å². The number of hydrogen-bond donors (Lipinski definition) is 3. The third kappa shape index (κ3) is 5.85. The average molecular weight is 541 g/mol. The zero-order valence-corrected chi connectivity index (χ0v) is 19.8. The van der Waals surface area contributed by atoms with E-state index in [4.69, 9.17) is 5.11 Å². The van der Waals surface area contributed by atoms with Gasteiger partial charge in [0.25, 0.3) is 0 Å². The van der Waals surface area contributed by atoms with E-state index >= 15 is 0 Å². The predicted molar refractivity (Wildman–Crippen MR) is 126 cm³/mol. The van der Waals surface area contributed by atoms with E-state index in [0.29, 0.717) is 16.2 Å². The summed E-state index contributed by atoms with van der Waals surface area (Å²) < 4.78 is 41.6. The van der Waals surface area contributed by atoms with E-state index in [9.17, 15) is 22.8 Å². The molecule has 0 bridgehead atoms. The number of nitrogens with one attached hydrogen (secondary N) is 2. The summed E-state index contributed by atoms with van der Waals surface area (Å²) in [6.07, 6.45) is 1.64. The van der Waals surface area contributed by atoms with Gasteiger partial charge in [0.1, 0.15) is 0 Å². The summed E-state index contributed by atoms with van der Waals surface area (Å²) in [4.78, 5) is 34.1. The Morgan fingerprint density at radius 3 is 2.29 bits per heavy atom. The van der Waals surface area contributed by atoms with Crippen LogP contribution >= 0.6 is 0 Å². The Bertz CT molecular complexity index is 1430. The van der Waals surface area contributed by atoms with Crippen LogP contribution < -0.4 is 15.1 Å². The number of aliphatic hydroxyl groups excluding tert-OH is 1. The normalized spacial score (nSPS) is 11.2. The van der Waals surface area contributed by atoms with E-state index in [-0.39, 0.29) is 44.9 Å². The van der Waals surface area contributed by atoms with E-state index in [2.05, 4.69) is 20.6 Å². The standard InChI is InChI=1S/C24H17AsF3N4O3/c26-17-4-2-14(30-24(35)31-15-3-5-18(27)19(28)11-15)10-16(17)23(34)13-1-6-20-21(9-13)32-22(12-29-20)25-7-8-33/h1-6,9-12,33H,7-8H2,(H2,30,31,35). The molecule has 0 aliphatic rings. The molecule has 0 saturated carbocycles. The molecule has 0 aliphatic heterocycles. The molecule has 3 N–H and O–H groups in total. The van der Waals surface area contributed by atoms with Crippen LogP contribution in [-0.4, -0.2) is 49.2 Å². The number of carbonyl (C=O) groups is 2. The number of aromatic nitrogens is 2. The second-order valence-corrected chi connectivity index (χ2v) is 9.83. The van der Waals surface area contributed by atoms with Gasteiger partial charge >= 0.3 is 160 Å². The first-order chi connectivity index (χ1) is 16.8. The number of nitrogens with zero attached hydrogens (tertiary/aromatic N) is 2. The summed E-state index contributed by atoms with van der Waals surface area (Å²) in [7, 11) is 0. The topological polar surface area (TPSA) is 104 Å². The van der Waals surface area contributed by atoms with Gasteiger partial charge in [-0.05, 0) is 12.1 Å². The van der Waals surface area contributed by atoms with Crippen LogP contribution in [0.5, 0.6) is 0 Å². The van der Waals surface area contributed by atoms with Crippen molar-refractivity contribution in [1.82, 2.24) is 9.97 Å². The SMILES string of the molecule is O=C(Nc1ccc(F)c(F)c1)Nc1ccc(F)c(C(=O)c2ccc3ncc([As]CCO)nc3c2)c1. The minimum atomic E-state index is -1.13. The van der Waals surface area contributed by atoms with Crippen molar-refractivity contribution >= 4 is 54.5 Å². The molecule has 1 heterocycles. The van der Waals surface area contributed by atoms with Gasteiger partial charge in [0, 0.05) is 11.8 Å². The molecule has 2 amide bonds. The summed E-state index contributed by atoms with van der Waals surface area (Å²) in [6, 6.07) is 10.2. The molecule has 0 atom stereocenters. The zero-order chi connectivity index (χ0) is 24.9. The van der Waals surface area contributed by atoms with Crippen molar-refractivity contribution in [3.63, 3.8) is 0 Å².